The van der Waals surface area contributed by atoms with E-state index in [0.717, 1.165) is 51.0 Å². The summed E-state index contributed by atoms with van der Waals surface area (Å²) in [4.78, 5) is 12.3. The highest BCUT2D eigenvalue weighted by molar-refractivity contribution is 5.96. The average Bonchev–Trinajstić information content (AvgIpc) is 2.65. The van der Waals surface area contributed by atoms with Crippen molar-refractivity contribution in [2.75, 3.05) is 11.9 Å². The highest BCUT2D eigenvalue weighted by Gasteiger charge is 2.35. The Morgan fingerprint density at radius 1 is 1.07 bits per heavy atom. The van der Waals surface area contributed by atoms with Crippen LogP contribution in [0.3, 0.4) is 0 Å². The average molecular weight is 414 g/mol. The maximum Gasteiger partial charge on any atom is 0.417 e. The molecule has 0 saturated heterocycles. The number of hydrogen-bond acceptors (Lipinski definition) is 4. The minimum atomic E-state index is -4.72. The lowest BCUT2D eigenvalue weighted by Gasteiger charge is -2.22. The first-order valence-electron chi connectivity index (χ1n) is 9.88. The highest BCUT2D eigenvalue weighted by atomic mass is 19.4. The first-order valence-corrected chi connectivity index (χ1v) is 9.88. The van der Waals surface area contributed by atoms with Crippen LogP contribution in [0.15, 0.2) is 18.2 Å². The number of carbonyl (C=O) groups is 1. The van der Waals surface area contributed by atoms with Gasteiger partial charge in [-0.3, -0.25) is 4.79 Å². The van der Waals surface area contributed by atoms with Gasteiger partial charge >= 0.3 is 6.18 Å². The number of anilines is 1. The first-order chi connectivity index (χ1) is 13.6. The van der Waals surface area contributed by atoms with Gasteiger partial charge < -0.3 is 15.5 Å². The fourth-order valence-electron chi connectivity index (χ4n) is 2.97. The van der Waals surface area contributed by atoms with Crippen molar-refractivity contribution in [1.29, 1.82) is 5.26 Å². The number of aliphatic hydroxyl groups is 2. The van der Waals surface area contributed by atoms with Crippen LogP contribution in [0.25, 0.3) is 0 Å². The molecule has 8 heteroatoms. The monoisotopic (exact) mass is 414 g/mol. The van der Waals surface area contributed by atoms with E-state index < -0.39 is 28.8 Å². The van der Waals surface area contributed by atoms with Crippen LogP contribution in [0.4, 0.5) is 18.9 Å². The Kier molecular flexibility index (Phi) is 10.1. The lowest BCUT2D eigenvalue weighted by atomic mass is 9.96. The minimum absolute atomic E-state index is 0.121. The van der Waals surface area contributed by atoms with E-state index in [2.05, 4.69) is 5.32 Å². The van der Waals surface area contributed by atoms with Gasteiger partial charge in [0.2, 0.25) is 0 Å². The molecule has 1 rings (SSSR count). The molecule has 0 aliphatic heterocycles. The molecule has 0 aromatic heterocycles. The summed E-state index contributed by atoms with van der Waals surface area (Å²) >= 11 is 0. The molecule has 0 saturated carbocycles. The van der Waals surface area contributed by atoms with Gasteiger partial charge in [0.25, 0.3) is 5.91 Å². The van der Waals surface area contributed by atoms with Gasteiger partial charge in [0.05, 0.1) is 17.2 Å². The Labute approximate surface area is 169 Å². The topological polar surface area (TPSA) is 93.3 Å². The molecule has 3 N–H and O–H groups in total. The number of carbonyl (C=O) groups excluding carboxylic acids is 1. The zero-order valence-corrected chi connectivity index (χ0v) is 16.7. The van der Waals surface area contributed by atoms with Crippen molar-refractivity contribution in [2.24, 2.45) is 0 Å². The number of nitrogens with one attached hydrogen (secondary N) is 1. The molecule has 1 amide bonds. The van der Waals surface area contributed by atoms with Crippen molar-refractivity contribution in [3.63, 3.8) is 0 Å². The van der Waals surface area contributed by atoms with Crippen LogP contribution in [-0.2, 0) is 11.0 Å². The van der Waals surface area contributed by atoms with Crippen molar-refractivity contribution in [2.45, 2.75) is 76.5 Å². The molecular formula is C21H29F3N2O3. The van der Waals surface area contributed by atoms with Gasteiger partial charge in [-0.1, -0.05) is 44.9 Å². The summed E-state index contributed by atoms with van der Waals surface area (Å²) in [5.74, 6) is -0.778. The van der Waals surface area contributed by atoms with Crippen LogP contribution in [0, 0.1) is 11.3 Å². The number of nitriles is 1. The van der Waals surface area contributed by atoms with Gasteiger partial charge in [0.1, 0.15) is 5.60 Å². The van der Waals surface area contributed by atoms with E-state index in [-0.39, 0.29) is 18.7 Å². The molecule has 0 bridgehead atoms. The number of benzene rings is 1. The van der Waals surface area contributed by atoms with E-state index in [9.17, 15) is 23.1 Å². The van der Waals surface area contributed by atoms with Crippen LogP contribution < -0.4 is 5.32 Å². The highest BCUT2D eigenvalue weighted by Crippen LogP contribution is 2.33. The number of unbranched alkanes of at least 4 members (excludes halogenated alkanes) is 7. The van der Waals surface area contributed by atoms with Gasteiger partial charge in [-0.2, -0.15) is 18.4 Å². The van der Waals surface area contributed by atoms with Gasteiger partial charge in [-0.05, 0) is 38.0 Å². The molecule has 0 fully saturated rings. The minimum Gasteiger partial charge on any atom is -0.396 e. The van der Waals surface area contributed by atoms with E-state index in [1.54, 1.807) is 0 Å². The van der Waals surface area contributed by atoms with Gasteiger partial charge in [0, 0.05) is 12.3 Å². The maximum atomic E-state index is 13.0. The standard InChI is InChI=1S/C21H29F3N2O3/c1-20(29,12-8-6-4-2-3-5-7-9-13-27)19(28)26-17-11-10-16(15-25)18(14-17)21(22,23)24/h10-11,14,27,29H,2-9,12-13H2,1H3,(H,26,28)/t20-/m0/s1. The van der Waals surface area contributed by atoms with Crippen molar-refractivity contribution in [3.05, 3.63) is 29.3 Å². The van der Waals surface area contributed by atoms with Crippen LogP contribution in [0.5, 0.6) is 0 Å². The predicted octanol–water partition coefficient (Wildman–Crippen LogP) is 4.77. The number of alkyl halides is 3. The van der Waals surface area contributed by atoms with Crippen molar-refractivity contribution in [3.8, 4) is 6.07 Å². The van der Waals surface area contributed by atoms with Gasteiger partial charge in [0.15, 0.2) is 0 Å². The van der Waals surface area contributed by atoms with Crippen LogP contribution in [0.1, 0.15) is 75.8 Å². The quantitative estimate of drug-likeness (QED) is 0.430. The van der Waals surface area contributed by atoms with Crippen LogP contribution in [0.2, 0.25) is 0 Å². The lowest BCUT2D eigenvalue weighted by Crippen LogP contribution is -2.40. The zero-order chi connectivity index (χ0) is 21.9. The van der Waals surface area contributed by atoms with Gasteiger partial charge in [-0.25, -0.2) is 0 Å². The summed E-state index contributed by atoms with van der Waals surface area (Å²) in [7, 11) is 0. The summed E-state index contributed by atoms with van der Waals surface area (Å²) in [6.07, 6.45) is 2.96. The largest absolute Gasteiger partial charge is 0.417 e. The Bertz CT molecular complexity index is 697. The molecule has 0 heterocycles. The molecule has 29 heavy (non-hydrogen) atoms. The number of halogens is 3. The molecule has 1 atom stereocenters. The van der Waals surface area contributed by atoms with E-state index >= 15 is 0 Å². The van der Waals surface area contributed by atoms with E-state index in [1.807, 2.05) is 0 Å². The molecule has 0 spiro atoms. The predicted molar refractivity (Wildman–Crippen MR) is 104 cm³/mol. The van der Waals surface area contributed by atoms with Crippen LogP contribution in [-0.4, -0.2) is 28.3 Å². The van der Waals surface area contributed by atoms with Crippen molar-refractivity contribution < 1.29 is 28.2 Å². The van der Waals surface area contributed by atoms with E-state index in [4.69, 9.17) is 10.4 Å². The second-order valence-electron chi connectivity index (χ2n) is 7.40. The van der Waals surface area contributed by atoms with E-state index in [0.29, 0.717) is 12.5 Å². The molecule has 0 radical (unpaired) electrons. The Morgan fingerprint density at radius 2 is 1.62 bits per heavy atom. The summed E-state index contributed by atoms with van der Waals surface area (Å²) < 4.78 is 39.1. The lowest BCUT2D eigenvalue weighted by molar-refractivity contribution is -0.138. The van der Waals surface area contributed by atoms with Gasteiger partial charge in [-0.15, -0.1) is 0 Å². The molecule has 0 aliphatic carbocycles. The molecule has 162 valence electrons. The molecule has 0 aliphatic rings. The molecule has 1 aromatic rings. The summed E-state index contributed by atoms with van der Waals surface area (Å²) in [5, 5.41) is 30.2. The normalized spacial score (nSPS) is 13.6. The fraction of sp³-hybridized carbons (Fsp3) is 0.619. The third-order valence-electron chi connectivity index (χ3n) is 4.76. The smallest absolute Gasteiger partial charge is 0.396 e. The Balaban J connectivity index is 2.49. The fourth-order valence-corrected chi connectivity index (χ4v) is 2.97. The number of rotatable bonds is 12. The molecule has 5 nitrogen and oxygen atoms in total. The van der Waals surface area contributed by atoms with E-state index in [1.165, 1.54) is 19.1 Å². The third-order valence-corrected chi connectivity index (χ3v) is 4.76. The molecular weight excluding hydrogens is 385 g/mol. The number of nitrogens with zero attached hydrogens (tertiary/aromatic N) is 1. The second-order valence-corrected chi connectivity index (χ2v) is 7.40. The zero-order valence-electron chi connectivity index (χ0n) is 16.7. The summed E-state index contributed by atoms with van der Waals surface area (Å²) in [5.41, 5.74) is -3.48. The number of amides is 1. The van der Waals surface area contributed by atoms with Crippen molar-refractivity contribution >= 4 is 11.6 Å². The third kappa shape index (κ3) is 8.84. The first kappa shape index (κ1) is 24.9. The van der Waals surface area contributed by atoms with Crippen molar-refractivity contribution in [1.82, 2.24) is 0 Å². The van der Waals surface area contributed by atoms with Crippen LogP contribution >= 0.6 is 0 Å². The number of aliphatic hydroxyl groups excluding tert-OH is 1. The number of hydrogen-bond donors (Lipinski definition) is 3. The molecule has 0 unspecified atom stereocenters. The SMILES string of the molecule is C[C@](O)(CCCCCCCCCCO)C(=O)Nc1ccc(C#N)c(C(F)(F)F)c1. The second kappa shape index (κ2) is 11.8. The summed E-state index contributed by atoms with van der Waals surface area (Å²) in [6, 6.07) is 4.38. The Hall–Kier alpha value is -2.11. The maximum absolute atomic E-state index is 13.0. The Morgan fingerprint density at radius 3 is 2.14 bits per heavy atom. The molecule has 1 aromatic carbocycles. The summed E-state index contributed by atoms with van der Waals surface area (Å²) in [6.45, 7) is 1.56.